The molecule has 0 saturated carbocycles. The number of carboxylic acids is 1. The maximum absolute atomic E-state index is 11.4. The number of benzene rings is 1. The van der Waals surface area contributed by atoms with Gasteiger partial charge in [-0.2, -0.15) is 0 Å². The predicted octanol–water partition coefficient (Wildman–Crippen LogP) is 2.56. The molecule has 1 N–H and O–H groups in total. The Balaban J connectivity index is 2.17. The van der Waals surface area contributed by atoms with Gasteiger partial charge in [0, 0.05) is 12.0 Å². The van der Waals surface area contributed by atoms with Crippen LogP contribution in [0.15, 0.2) is 24.3 Å². The first-order chi connectivity index (χ1) is 9.18. The number of aliphatic carboxylic acids is 1. The fourth-order valence-electron chi connectivity index (χ4n) is 2.46. The third-order valence-corrected chi connectivity index (χ3v) is 3.69. The second-order valence-corrected chi connectivity index (χ2v) is 4.94. The Morgan fingerprint density at radius 2 is 2.16 bits per heavy atom. The molecule has 1 aromatic heterocycles. The van der Waals surface area contributed by atoms with Gasteiger partial charge in [-0.05, 0) is 25.0 Å². The molecule has 5 nitrogen and oxygen atoms in total. The first-order valence-electron chi connectivity index (χ1n) is 6.10. The fraction of sp³-hybridized carbons (Fsp3) is 0.308. The largest absolute Gasteiger partial charge is 0.480 e. The van der Waals surface area contributed by atoms with E-state index in [9.17, 15) is 9.90 Å². The highest BCUT2D eigenvalue weighted by molar-refractivity contribution is 6.33. The standard InChI is InChI=1S/C13H12ClN3O2/c14-9-5-2-1-4-8(9)12-16-15-11-7-3-6-10(13(18)19)17(11)12/h1-2,4-5,10H,3,6-7H2,(H,18,19). The molecule has 0 bridgehead atoms. The van der Waals surface area contributed by atoms with Crippen molar-refractivity contribution in [3.63, 3.8) is 0 Å². The average Bonchev–Trinajstić information content (AvgIpc) is 2.82. The Hall–Kier alpha value is -1.88. The van der Waals surface area contributed by atoms with E-state index < -0.39 is 12.0 Å². The van der Waals surface area contributed by atoms with E-state index in [-0.39, 0.29) is 0 Å². The van der Waals surface area contributed by atoms with Crippen LogP contribution in [0.1, 0.15) is 24.7 Å². The molecule has 3 rings (SSSR count). The first kappa shape index (κ1) is 12.2. The maximum atomic E-state index is 11.4. The summed E-state index contributed by atoms with van der Waals surface area (Å²) in [6, 6.07) is 6.66. The van der Waals surface area contributed by atoms with Crippen molar-refractivity contribution in [2.75, 3.05) is 0 Å². The number of rotatable bonds is 2. The minimum absolute atomic E-state index is 0.535. The third kappa shape index (κ3) is 2.00. The number of aryl methyl sites for hydroxylation is 1. The van der Waals surface area contributed by atoms with Gasteiger partial charge in [0.15, 0.2) is 5.82 Å². The minimum atomic E-state index is -0.853. The lowest BCUT2D eigenvalue weighted by atomic mass is 10.0. The number of hydrogen-bond donors (Lipinski definition) is 1. The highest BCUT2D eigenvalue weighted by Crippen LogP contribution is 2.33. The molecule has 0 radical (unpaired) electrons. The highest BCUT2D eigenvalue weighted by atomic mass is 35.5. The van der Waals surface area contributed by atoms with Crippen molar-refractivity contribution in [2.24, 2.45) is 0 Å². The zero-order chi connectivity index (χ0) is 13.4. The van der Waals surface area contributed by atoms with Gasteiger partial charge in [0.05, 0.1) is 5.02 Å². The molecule has 19 heavy (non-hydrogen) atoms. The summed E-state index contributed by atoms with van der Waals surface area (Å²) >= 11 is 6.16. The monoisotopic (exact) mass is 277 g/mol. The van der Waals surface area contributed by atoms with Crippen LogP contribution in [-0.4, -0.2) is 25.8 Å². The third-order valence-electron chi connectivity index (χ3n) is 3.36. The second-order valence-electron chi connectivity index (χ2n) is 4.54. The van der Waals surface area contributed by atoms with Crippen molar-refractivity contribution in [3.8, 4) is 11.4 Å². The van der Waals surface area contributed by atoms with Crippen LogP contribution in [0, 0.1) is 0 Å². The molecule has 0 saturated heterocycles. The van der Waals surface area contributed by atoms with Crippen LogP contribution in [0.2, 0.25) is 5.02 Å². The lowest BCUT2D eigenvalue weighted by Gasteiger charge is -2.22. The van der Waals surface area contributed by atoms with Gasteiger partial charge in [-0.15, -0.1) is 10.2 Å². The van der Waals surface area contributed by atoms with Gasteiger partial charge in [-0.1, -0.05) is 23.7 Å². The normalized spacial score (nSPS) is 18.1. The summed E-state index contributed by atoms with van der Waals surface area (Å²) in [6.45, 7) is 0. The van der Waals surface area contributed by atoms with Crippen LogP contribution in [0.3, 0.4) is 0 Å². The molecular weight excluding hydrogens is 266 g/mol. The summed E-state index contributed by atoms with van der Waals surface area (Å²) in [7, 11) is 0. The van der Waals surface area contributed by atoms with Crippen LogP contribution < -0.4 is 0 Å². The van der Waals surface area contributed by atoms with Crippen molar-refractivity contribution in [1.82, 2.24) is 14.8 Å². The molecule has 6 heteroatoms. The molecule has 1 unspecified atom stereocenters. The molecule has 0 spiro atoms. The Morgan fingerprint density at radius 1 is 1.37 bits per heavy atom. The Morgan fingerprint density at radius 3 is 2.89 bits per heavy atom. The van der Waals surface area contributed by atoms with Crippen molar-refractivity contribution in [3.05, 3.63) is 35.1 Å². The van der Waals surface area contributed by atoms with Gasteiger partial charge >= 0.3 is 5.97 Å². The highest BCUT2D eigenvalue weighted by Gasteiger charge is 2.30. The summed E-state index contributed by atoms with van der Waals surface area (Å²) in [5.74, 6) is 0.398. The molecule has 0 aliphatic carbocycles. The number of nitrogens with zero attached hydrogens (tertiary/aromatic N) is 3. The van der Waals surface area contributed by atoms with Crippen LogP contribution in [0.25, 0.3) is 11.4 Å². The molecule has 1 aromatic carbocycles. The van der Waals surface area contributed by atoms with E-state index in [0.717, 1.165) is 18.4 Å². The first-order valence-corrected chi connectivity index (χ1v) is 6.48. The summed E-state index contributed by atoms with van der Waals surface area (Å²) < 4.78 is 1.70. The molecule has 1 atom stereocenters. The Bertz CT molecular complexity index is 639. The van der Waals surface area contributed by atoms with E-state index in [1.165, 1.54) is 0 Å². The Labute approximate surface area is 114 Å². The number of halogens is 1. The van der Waals surface area contributed by atoms with Crippen molar-refractivity contribution < 1.29 is 9.90 Å². The van der Waals surface area contributed by atoms with Gasteiger partial charge in [0.1, 0.15) is 11.9 Å². The minimum Gasteiger partial charge on any atom is -0.480 e. The molecule has 2 aromatic rings. The van der Waals surface area contributed by atoms with Gasteiger partial charge in [0.2, 0.25) is 0 Å². The van der Waals surface area contributed by atoms with E-state index in [1.54, 1.807) is 10.6 Å². The number of aromatic nitrogens is 3. The van der Waals surface area contributed by atoms with Crippen molar-refractivity contribution >= 4 is 17.6 Å². The molecule has 1 aliphatic rings. The molecular formula is C13H12ClN3O2. The molecule has 2 heterocycles. The smallest absolute Gasteiger partial charge is 0.326 e. The zero-order valence-corrected chi connectivity index (χ0v) is 10.8. The lowest BCUT2D eigenvalue weighted by Crippen LogP contribution is -2.25. The topological polar surface area (TPSA) is 68.0 Å². The van der Waals surface area contributed by atoms with E-state index in [0.29, 0.717) is 23.1 Å². The summed E-state index contributed by atoms with van der Waals surface area (Å²) in [5, 5.41) is 18.1. The van der Waals surface area contributed by atoms with Crippen LogP contribution in [0.5, 0.6) is 0 Å². The number of fused-ring (bicyclic) bond motifs is 1. The number of carbonyl (C=O) groups is 1. The maximum Gasteiger partial charge on any atom is 0.326 e. The number of carboxylic acid groups (broad SMARTS) is 1. The van der Waals surface area contributed by atoms with Crippen molar-refractivity contribution in [1.29, 1.82) is 0 Å². The Kier molecular flexibility index (Phi) is 2.98. The van der Waals surface area contributed by atoms with Crippen LogP contribution in [0.4, 0.5) is 0 Å². The van der Waals surface area contributed by atoms with Crippen LogP contribution >= 0.6 is 11.6 Å². The lowest BCUT2D eigenvalue weighted by molar-refractivity contribution is -0.141. The van der Waals surface area contributed by atoms with Gasteiger partial charge in [0.25, 0.3) is 0 Å². The van der Waals surface area contributed by atoms with Crippen molar-refractivity contribution in [2.45, 2.75) is 25.3 Å². The molecule has 0 fully saturated rings. The van der Waals surface area contributed by atoms with Gasteiger partial charge in [-0.3, -0.25) is 4.57 Å². The summed E-state index contributed by atoms with van der Waals surface area (Å²) in [4.78, 5) is 11.4. The van der Waals surface area contributed by atoms with Crippen LogP contribution in [-0.2, 0) is 11.2 Å². The SMILES string of the molecule is O=C(O)C1CCCc2nnc(-c3ccccc3Cl)n21. The van der Waals surface area contributed by atoms with E-state index >= 15 is 0 Å². The summed E-state index contributed by atoms with van der Waals surface area (Å²) in [5.41, 5.74) is 0.719. The summed E-state index contributed by atoms with van der Waals surface area (Å²) in [6.07, 6.45) is 2.16. The number of hydrogen-bond acceptors (Lipinski definition) is 3. The molecule has 0 amide bonds. The van der Waals surface area contributed by atoms with E-state index in [1.807, 2.05) is 18.2 Å². The second kappa shape index (κ2) is 4.66. The zero-order valence-electron chi connectivity index (χ0n) is 10.1. The van der Waals surface area contributed by atoms with E-state index in [2.05, 4.69) is 10.2 Å². The van der Waals surface area contributed by atoms with E-state index in [4.69, 9.17) is 11.6 Å². The molecule has 98 valence electrons. The fourth-order valence-corrected chi connectivity index (χ4v) is 2.68. The average molecular weight is 278 g/mol. The van der Waals surface area contributed by atoms with Gasteiger partial charge < -0.3 is 5.11 Å². The quantitative estimate of drug-likeness (QED) is 0.916. The molecule has 1 aliphatic heterocycles. The predicted molar refractivity (Wildman–Crippen MR) is 70.1 cm³/mol. The van der Waals surface area contributed by atoms with Gasteiger partial charge in [-0.25, -0.2) is 4.79 Å².